The Kier molecular flexibility index (Phi) is 3.28. The van der Waals surface area contributed by atoms with Crippen LogP contribution in [-0.2, 0) is 12.4 Å². The van der Waals surface area contributed by atoms with E-state index in [1.807, 2.05) is 0 Å². The second-order valence-corrected chi connectivity index (χ2v) is 4.66. The van der Waals surface area contributed by atoms with E-state index in [-0.39, 0.29) is 17.5 Å². The van der Waals surface area contributed by atoms with Crippen LogP contribution < -0.4 is 5.73 Å². The highest BCUT2D eigenvalue weighted by atomic mass is 19.4. The van der Waals surface area contributed by atoms with Crippen molar-refractivity contribution in [2.75, 3.05) is 0 Å². The highest BCUT2D eigenvalue weighted by molar-refractivity contribution is 5.38. The maximum atomic E-state index is 12.8. The average Bonchev–Trinajstić information content (AvgIpc) is 3.08. The van der Waals surface area contributed by atoms with Crippen molar-refractivity contribution in [2.45, 2.75) is 31.2 Å². The van der Waals surface area contributed by atoms with Crippen LogP contribution in [0.1, 0.15) is 35.6 Å². The molecule has 0 spiro atoms. The molecule has 0 amide bonds. The van der Waals surface area contributed by atoms with E-state index in [0.717, 1.165) is 6.07 Å². The number of nitrogens with two attached hydrogens (primary N) is 1. The topological polar surface area (TPSA) is 26.0 Å². The van der Waals surface area contributed by atoms with Crippen molar-refractivity contribution in [3.8, 4) is 0 Å². The average molecular weight is 283 g/mol. The summed E-state index contributed by atoms with van der Waals surface area (Å²) in [5.74, 6) is -0.0714. The SMILES string of the molecule is NC(c1ccc(C(F)(F)F)cc1C(F)(F)F)C1CC1. The third-order valence-electron chi connectivity index (χ3n) is 3.18. The van der Waals surface area contributed by atoms with Gasteiger partial charge in [0.05, 0.1) is 11.1 Å². The van der Waals surface area contributed by atoms with Gasteiger partial charge in [-0.3, -0.25) is 0 Å². The van der Waals surface area contributed by atoms with Gasteiger partial charge in [0.15, 0.2) is 0 Å². The fourth-order valence-corrected chi connectivity index (χ4v) is 1.98. The maximum absolute atomic E-state index is 12.8. The minimum Gasteiger partial charge on any atom is -0.324 e. The minimum absolute atomic E-state index is 0.0714. The quantitative estimate of drug-likeness (QED) is 0.811. The van der Waals surface area contributed by atoms with E-state index in [4.69, 9.17) is 5.73 Å². The zero-order chi connectivity index (χ0) is 14.4. The molecule has 1 aliphatic carbocycles. The summed E-state index contributed by atoms with van der Waals surface area (Å²) < 4.78 is 75.9. The number of alkyl halides is 6. The molecule has 0 radical (unpaired) electrons. The fourth-order valence-electron chi connectivity index (χ4n) is 1.98. The van der Waals surface area contributed by atoms with Gasteiger partial charge in [0.1, 0.15) is 0 Å². The molecule has 7 heteroatoms. The summed E-state index contributed by atoms with van der Waals surface area (Å²) in [6.45, 7) is 0. The standard InChI is InChI=1S/C12H11F6N/c13-11(14,15)7-3-4-8(10(19)6-1-2-6)9(5-7)12(16,17)18/h3-6,10H,1-2,19H2. The monoisotopic (exact) mass is 283 g/mol. The highest BCUT2D eigenvalue weighted by Gasteiger charge is 2.41. The number of hydrogen-bond acceptors (Lipinski definition) is 1. The lowest BCUT2D eigenvalue weighted by Gasteiger charge is -2.19. The molecule has 0 saturated heterocycles. The summed E-state index contributed by atoms with van der Waals surface area (Å²) in [5, 5.41) is 0. The molecule has 0 bridgehead atoms. The number of halogens is 6. The molecule has 0 aromatic heterocycles. The van der Waals surface area contributed by atoms with Crippen molar-refractivity contribution in [3.05, 3.63) is 34.9 Å². The number of rotatable bonds is 2. The molecule has 0 aliphatic heterocycles. The van der Waals surface area contributed by atoms with Crippen molar-refractivity contribution in [1.82, 2.24) is 0 Å². The van der Waals surface area contributed by atoms with Gasteiger partial charge < -0.3 is 5.73 Å². The number of hydrogen-bond donors (Lipinski definition) is 1. The van der Waals surface area contributed by atoms with Crippen LogP contribution in [0.3, 0.4) is 0 Å². The van der Waals surface area contributed by atoms with Gasteiger partial charge in [0.25, 0.3) is 0 Å². The lowest BCUT2D eigenvalue weighted by molar-refractivity contribution is -0.143. The van der Waals surface area contributed by atoms with E-state index in [9.17, 15) is 26.3 Å². The minimum atomic E-state index is -4.84. The summed E-state index contributed by atoms with van der Waals surface area (Å²) >= 11 is 0. The molecule has 1 fully saturated rings. The molecule has 1 nitrogen and oxygen atoms in total. The predicted octanol–water partition coefficient (Wildman–Crippen LogP) is 4.13. The molecular formula is C12H11F6N. The first-order chi connectivity index (χ1) is 8.60. The Balaban J connectivity index is 2.49. The van der Waals surface area contributed by atoms with Gasteiger partial charge >= 0.3 is 12.4 Å². The van der Waals surface area contributed by atoms with Crippen molar-refractivity contribution in [1.29, 1.82) is 0 Å². The Morgan fingerprint density at radius 3 is 2.00 bits per heavy atom. The molecule has 1 atom stereocenters. The van der Waals surface area contributed by atoms with Gasteiger partial charge in [-0.15, -0.1) is 0 Å². The van der Waals surface area contributed by atoms with Crippen molar-refractivity contribution in [2.24, 2.45) is 11.7 Å². The Bertz CT molecular complexity index is 472. The van der Waals surface area contributed by atoms with E-state index in [0.29, 0.717) is 18.9 Å². The first-order valence-corrected chi connectivity index (χ1v) is 5.64. The summed E-state index contributed by atoms with van der Waals surface area (Å²) in [5.41, 5.74) is 2.81. The van der Waals surface area contributed by atoms with Crippen LogP contribution in [-0.4, -0.2) is 0 Å². The summed E-state index contributed by atoms with van der Waals surface area (Å²) in [6, 6.07) is 0.762. The molecule has 1 unspecified atom stereocenters. The highest BCUT2D eigenvalue weighted by Crippen LogP contribution is 2.45. The van der Waals surface area contributed by atoms with Crippen LogP contribution in [0, 0.1) is 5.92 Å². The van der Waals surface area contributed by atoms with Gasteiger partial charge in [-0.05, 0) is 36.5 Å². The molecule has 0 heterocycles. The largest absolute Gasteiger partial charge is 0.416 e. The first-order valence-electron chi connectivity index (χ1n) is 5.64. The van der Waals surface area contributed by atoms with Crippen LogP contribution in [0.5, 0.6) is 0 Å². The number of benzene rings is 1. The summed E-state index contributed by atoms with van der Waals surface area (Å²) in [7, 11) is 0. The zero-order valence-corrected chi connectivity index (χ0v) is 9.65. The van der Waals surface area contributed by atoms with E-state index in [1.54, 1.807) is 0 Å². The van der Waals surface area contributed by atoms with Gasteiger partial charge in [-0.1, -0.05) is 6.07 Å². The van der Waals surface area contributed by atoms with Crippen LogP contribution in [0.15, 0.2) is 18.2 Å². The van der Waals surface area contributed by atoms with Gasteiger partial charge in [-0.25, -0.2) is 0 Å². The van der Waals surface area contributed by atoms with Gasteiger partial charge in [-0.2, -0.15) is 26.3 Å². The van der Waals surface area contributed by atoms with E-state index >= 15 is 0 Å². The molecule has 1 aromatic rings. The first kappa shape index (κ1) is 14.2. The van der Waals surface area contributed by atoms with Gasteiger partial charge in [0.2, 0.25) is 0 Å². The third kappa shape index (κ3) is 3.02. The fraction of sp³-hybridized carbons (Fsp3) is 0.500. The van der Waals surface area contributed by atoms with Crippen molar-refractivity contribution >= 4 is 0 Å². The second-order valence-electron chi connectivity index (χ2n) is 4.66. The van der Waals surface area contributed by atoms with Crippen molar-refractivity contribution < 1.29 is 26.3 Å². The normalized spacial score (nSPS) is 18.5. The molecular weight excluding hydrogens is 272 g/mol. The predicted molar refractivity (Wildman–Crippen MR) is 56.1 cm³/mol. The van der Waals surface area contributed by atoms with Crippen LogP contribution in [0.4, 0.5) is 26.3 Å². The second kappa shape index (κ2) is 4.40. The van der Waals surface area contributed by atoms with Crippen LogP contribution in [0.25, 0.3) is 0 Å². The zero-order valence-electron chi connectivity index (χ0n) is 9.65. The van der Waals surface area contributed by atoms with Crippen LogP contribution in [0.2, 0.25) is 0 Å². The molecule has 2 rings (SSSR count). The molecule has 1 aliphatic rings. The van der Waals surface area contributed by atoms with E-state index < -0.39 is 29.5 Å². The molecule has 106 valence electrons. The lowest BCUT2D eigenvalue weighted by atomic mass is 9.95. The van der Waals surface area contributed by atoms with Crippen LogP contribution >= 0.6 is 0 Å². The molecule has 2 N–H and O–H groups in total. The van der Waals surface area contributed by atoms with E-state index in [2.05, 4.69) is 0 Å². The Morgan fingerprint density at radius 1 is 1.00 bits per heavy atom. The summed E-state index contributed by atoms with van der Waals surface area (Å²) in [4.78, 5) is 0. The molecule has 19 heavy (non-hydrogen) atoms. The third-order valence-corrected chi connectivity index (χ3v) is 3.18. The Labute approximate surface area is 105 Å². The molecule has 1 saturated carbocycles. The lowest BCUT2D eigenvalue weighted by Crippen LogP contribution is -2.20. The maximum Gasteiger partial charge on any atom is 0.416 e. The Hall–Kier alpha value is -1.24. The molecule has 1 aromatic carbocycles. The Morgan fingerprint density at radius 2 is 1.58 bits per heavy atom. The smallest absolute Gasteiger partial charge is 0.324 e. The van der Waals surface area contributed by atoms with E-state index in [1.165, 1.54) is 0 Å². The summed E-state index contributed by atoms with van der Waals surface area (Å²) in [6.07, 6.45) is -8.23. The van der Waals surface area contributed by atoms with Gasteiger partial charge in [0, 0.05) is 6.04 Å². The van der Waals surface area contributed by atoms with Crippen molar-refractivity contribution in [3.63, 3.8) is 0 Å².